The second kappa shape index (κ2) is 7.53. The lowest BCUT2D eigenvalue weighted by molar-refractivity contribution is -0.136. The van der Waals surface area contributed by atoms with E-state index in [-0.39, 0.29) is 0 Å². The molecule has 2 saturated heterocycles. The summed E-state index contributed by atoms with van der Waals surface area (Å²) in [4.78, 5) is 21.7. The van der Waals surface area contributed by atoms with Crippen molar-refractivity contribution in [1.82, 2.24) is 9.88 Å². The van der Waals surface area contributed by atoms with Crippen LogP contribution in [-0.2, 0) is 9.53 Å². The van der Waals surface area contributed by atoms with Crippen LogP contribution in [0.25, 0.3) is 10.2 Å². The van der Waals surface area contributed by atoms with Crippen LogP contribution in [0, 0.1) is 19.8 Å². The predicted molar refractivity (Wildman–Crippen MR) is 106 cm³/mol. The van der Waals surface area contributed by atoms with Gasteiger partial charge >= 0.3 is 0 Å². The zero-order chi connectivity index (χ0) is 18.1. The quantitative estimate of drug-likeness (QED) is 0.827. The fourth-order valence-corrected chi connectivity index (χ4v) is 4.94. The summed E-state index contributed by atoms with van der Waals surface area (Å²) in [5.41, 5.74) is 3.74. The SMILES string of the molecule is Cc1ccc2sc(N3CCC(CC(=O)N4CCOCC4)CC3)nc2c1C. The summed E-state index contributed by atoms with van der Waals surface area (Å²) in [7, 11) is 0. The number of fused-ring (bicyclic) bond motifs is 1. The van der Waals surface area contributed by atoms with E-state index < -0.39 is 0 Å². The number of nitrogens with zero attached hydrogens (tertiary/aromatic N) is 3. The molecule has 2 fully saturated rings. The van der Waals surface area contributed by atoms with E-state index in [1.54, 1.807) is 11.3 Å². The van der Waals surface area contributed by atoms with Crippen molar-refractivity contribution in [1.29, 1.82) is 0 Å². The molecule has 0 saturated carbocycles. The van der Waals surface area contributed by atoms with Crippen LogP contribution in [0.2, 0.25) is 0 Å². The lowest BCUT2D eigenvalue weighted by Gasteiger charge is -2.33. The van der Waals surface area contributed by atoms with Gasteiger partial charge in [-0.25, -0.2) is 4.98 Å². The molecule has 140 valence electrons. The summed E-state index contributed by atoms with van der Waals surface area (Å²) >= 11 is 1.79. The zero-order valence-electron chi connectivity index (χ0n) is 15.7. The first kappa shape index (κ1) is 17.7. The van der Waals surface area contributed by atoms with E-state index >= 15 is 0 Å². The van der Waals surface area contributed by atoms with Gasteiger partial charge in [0.1, 0.15) is 0 Å². The number of anilines is 1. The third-order valence-corrected chi connectivity index (χ3v) is 6.87. The predicted octanol–water partition coefficient (Wildman–Crippen LogP) is 3.38. The average Bonchev–Trinajstić information content (AvgIpc) is 3.11. The maximum atomic E-state index is 12.5. The Morgan fingerprint density at radius 2 is 1.92 bits per heavy atom. The van der Waals surface area contributed by atoms with Crippen LogP contribution in [0.3, 0.4) is 0 Å². The normalized spacial score (nSPS) is 19.3. The van der Waals surface area contributed by atoms with E-state index in [0.29, 0.717) is 31.5 Å². The number of ether oxygens (including phenoxy) is 1. The summed E-state index contributed by atoms with van der Waals surface area (Å²) < 4.78 is 6.61. The maximum Gasteiger partial charge on any atom is 0.223 e. The monoisotopic (exact) mass is 373 g/mol. The number of amides is 1. The first-order valence-electron chi connectivity index (χ1n) is 9.59. The molecule has 1 aromatic heterocycles. The number of carbonyl (C=O) groups excluding carboxylic acids is 1. The number of morpholine rings is 1. The van der Waals surface area contributed by atoms with Crippen LogP contribution in [0.4, 0.5) is 5.13 Å². The highest BCUT2D eigenvalue weighted by Gasteiger charge is 2.26. The number of aryl methyl sites for hydroxylation is 2. The molecule has 3 heterocycles. The largest absolute Gasteiger partial charge is 0.378 e. The number of benzene rings is 1. The standard InChI is InChI=1S/C20H27N3O2S/c1-14-3-4-17-19(15(14)2)21-20(26-17)23-7-5-16(6-8-23)13-18(24)22-9-11-25-12-10-22/h3-4,16H,5-13H2,1-2H3. The van der Waals surface area contributed by atoms with Crippen LogP contribution in [0.5, 0.6) is 0 Å². The minimum absolute atomic E-state index is 0.304. The average molecular weight is 374 g/mol. The second-order valence-electron chi connectivity index (χ2n) is 7.48. The van der Waals surface area contributed by atoms with Crippen molar-refractivity contribution in [2.24, 2.45) is 5.92 Å². The second-order valence-corrected chi connectivity index (χ2v) is 8.49. The van der Waals surface area contributed by atoms with Gasteiger partial charge in [-0.2, -0.15) is 0 Å². The van der Waals surface area contributed by atoms with Gasteiger partial charge in [0.15, 0.2) is 5.13 Å². The Balaban J connectivity index is 1.36. The molecular weight excluding hydrogens is 346 g/mol. The number of hydrogen-bond acceptors (Lipinski definition) is 5. The minimum Gasteiger partial charge on any atom is -0.378 e. The summed E-state index contributed by atoms with van der Waals surface area (Å²) in [5.74, 6) is 0.804. The van der Waals surface area contributed by atoms with E-state index in [1.807, 2.05) is 4.90 Å². The number of piperidine rings is 1. The summed E-state index contributed by atoms with van der Waals surface area (Å²) in [6, 6.07) is 4.37. The van der Waals surface area contributed by atoms with Gasteiger partial charge in [-0.3, -0.25) is 4.79 Å². The Labute approximate surface area is 159 Å². The van der Waals surface area contributed by atoms with Crippen molar-refractivity contribution >= 4 is 32.6 Å². The fourth-order valence-electron chi connectivity index (χ4n) is 3.87. The van der Waals surface area contributed by atoms with Crippen LogP contribution in [-0.4, -0.2) is 55.2 Å². The van der Waals surface area contributed by atoms with Gasteiger partial charge in [-0.1, -0.05) is 17.4 Å². The molecule has 2 aliphatic rings. The lowest BCUT2D eigenvalue weighted by Crippen LogP contribution is -2.42. The summed E-state index contributed by atoms with van der Waals surface area (Å²) in [6.07, 6.45) is 2.83. The molecule has 1 aromatic carbocycles. The first-order valence-corrected chi connectivity index (χ1v) is 10.4. The van der Waals surface area contributed by atoms with Crippen molar-refractivity contribution < 1.29 is 9.53 Å². The Morgan fingerprint density at radius 3 is 2.65 bits per heavy atom. The third kappa shape index (κ3) is 3.58. The number of rotatable bonds is 3. The lowest BCUT2D eigenvalue weighted by atomic mass is 9.93. The fraction of sp³-hybridized carbons (Fsp3) is 0.600. The highest BCUT2D eigenvalue weighted by molar-refractivity contribution is 7.22. The molecule has 0 bridgehead atoms. The number of thiazole rings is 1. The van der Waals surface area contributed by atoms with Gasteiger partial charge < -0.3 is 14.5 Å². The van der Waals surface area contributed by atoms with Crippen molar-refractivity contribution in [2.45, 2.75) is 33.1 Å². The first-order chi connectivity index (χ1) is 12.6. The van der Waals surface area contributed by atoms with Crippen LogP contribution >= 0.6 is 11.3 Å². The van der Waals surface area contributed by atoms with Gasteiger partial charge in [0.2, 0.25) is 5.91 Å². The van der Waals surface area contributed by atoms with Gasteiger partial charge in [0.05, 0.1) is 23.4 Å². The van der Waals surface area contributed by atoms with E-state index in [1.165, 1.54) is 15.8 Å². The number of carbonyl (C=O) groups is 1. The summed E-state index contributed by atoms with van der Waals surface area (Å²) in [6.45, 7) is 9.17. The van der Waals surface area contributed by atoms with Gasteiger partial charge in [0.25, 0.3) is 0 Å². The Hall–Kier alpha value is -1.66. The highest BCUT2D eigenvalue weighted by Crippen LogP contribution is 2.34. The van der Waals surface area contributed by atoms with Crippen molar-refractivity contribution in [2.75, 3.05) is 44.3 Å². The summed E-state index contributed by atoms with van der Waals surface area (Å²) in [5, 5.41) is 1.13. The minimum atomic E-state index is 0.304. The molecule has 0 atom stereocenters. The molecule has 0 N–H and O–H groups in total. The molecule has 2 aromatic rings. The zero-order valence-corrected chi connectivity index (χ0v) is 16.5. The smallest absolute Gasteiger partial charge is 0.223 e. The van der Waals surface area contributed by atoms with Crippen molar-refractivity contribution in [3.8, 4) is 0 Å². The molecule has 0 radical (unpaired) electrons. The molecule has 0 aliphatic carbocycles. The van der Waals surface area contributed by atoms with E-state index in [9.17, 15) is 4.79 Å². The molecule has 5 nitrogen and oxygen atoms in total. The van der Waals surface area contributed by atoms with Gasteiger partial charge in [0, 0.05) is 32.6 Å². The molecular formula is C20H27N3O2S. The molecule has 26 heavy (non-hydrogen) atoms. The maximum absolute atomic E-state index is 12.5. The molecule has 2 aliphatic heterocycles. The van der Waals surface area contributed by atoms with E-state index in [4.69, 9.17) is 9.72 Å². The molecule has 4 rings (SSSR count). The molecule has 1 amide bonds. The van der Waals surface area contributed by atoms with Crippen molar-refractivity contribution in [3.05, 3.63) is 23.3 Å². The van der Waals surface area contributed by atoms with Crippen molar-refractivity contribution in [3.63, 3.8) is 0 Å². The molecule has 0 spiro atoms. The topological polar surface area (TPSA) is 45.7 Å². The van der Waals surface area contributed by atoms with Crippen LogP contribution in [0.1, 0.15) is 30.4 Å². The van der Waals surface area contributed by atoms with Crippen LogP contribution < -0.4 is 4.90 Å². The molecule has 6 heteroatoms. The Morgan fingerprint density at radius 1 is 1.19 bits per heavy atom. The van der Waals surface area contributed by atoms with E-state index in [0.717, 1.165) is 49.7 Å². The molecule has 0 unspecified atom stereocenters. The number of hydrogen-bond donors (Lipinski definition) is 0. The van der Waals surface area contributed by atoms with Crippen LogP contribution in [0.15, 0.2) is 12.1 Å². The van der Waals surface area contributed by atoms with Gasteiger partial charge in [-0.05, 0) is 49.8 Å². The number of aromatic nitrogens is 1. The van der Waals surface area contributed by atoms with Gasteiger partial charge in [-0.15, -0.1) is 0 Å². The Bertz CT molecular complexity index is 790. The van der Waals surface area contributed by atoms with E-state index in [2.05, 4.69) is 30.9 Å². The third-order valence-electron chi connectivity index (χ3n) is 5.79. The highest BCUT2D eigenvalue weighted by atomic mass is 32.1. The Kier molecular flexibility index (Phi) is 5.14.